The van der Waals surface area contributed by atoms with Crippen LogP contribution in [0.3, 0.4) is 0 Å². The van der Waals surface area contributed by atoms with E-state index in [0.717, 1.165) is 15.7 Å². The molecule has 2 atom stereocenters. The van der Waals surface area contributed by atoms with Gasteiger partial charge >= 0.3 is 0 Å². The van der Waals surface area contributed by atoms with Gasteiger partial charge in [0.05, 0.1) is 38.0 Å². The van der Waals surface area contributed by atoms with Crippen molar-refractivity contribution in [3.8, 4) is 5.75 Å². The van der Waals surface area contributed by atoms with E-state index in [1.54, 1.807) is 4.90 Å². The zero-order valence-electron chi connectivity index (χ0n) is 17.4. The molecule has 2 aliphatic rings. The van der Waals surface area contributed by atoms with Gasteiger partial charge in [-0.15, -0.1) is 0 Å². The van der Waals surface area contributed by atoms with Gasteiger partial charge in [0.15, 0.2) is 6.10 Å². The number of hydrogen-bond donors (Lipinski definition) is 1. The van der Waals surface area contributed by atoms with Gasteiger partial charge in [-0.2, -0.15) is 0 Å². The van der Waals surface area contributed by atoms with E-state index in [9.17, 15) is 9.59 Å². The molecule has 0 radical (unpaired) electrons. The van der Waals surface area contributed by atoms with Crippen molar-refractivity contribution in [3.63, 3.8) is 0 Å². The van der Waals surface area contributed by atoms with Gasteiger partial charge in [0.25, 0.3) is 5.91 Å². The number of nitrogens with zero attached hydrogens (tertiary/aromatic N) is 2. The Balaban J connectivity index is 1.45. The standard InChI is InChI=1S/C23H26BrN3O4/c1-16(17-6-8-18(24)9-7-17)25-22(28)15-27-14-21(23(29)26-10-12-30-13-11-26)31-20-5-3-2-4-19(20)27/h2-9,16,21H,10-15H2,1H3,(H,25,28)/t16-,21+/m0/s1. The van der Waals surface area contributed by atoms with Crippen LogP contribution in [0, 0.1) is 0 Å². The Morgan fingerprint density at radius 3 is 2.58 bits per heavy atom. The number of hydrogen-bond acceptors (Lipinski definition) is 5. The summed E-state index contributed by atoms with van der Waals surface area (Å²) in [7, 11) is 0. The van der Waals surface area contributed by atoms with Crippen molar-refractivity contribution in [1.29, 1.82) is 0 Å². The summed E-state index contributed by atoms with van der Waals surface area (Å²) < 4.78 is 12.4. The van der Waals surface area contributed by atoms with Crippen molar-refractivity contribution in [2.24, 2.45) is 0 Å². The number of benzene rings is 2. The molecule has 0 spiro atoms. The molecule has 1 fully saturated rings. The molecule has 31 heavy (non-hydrogen) atoms. The maximum Gasteiger partial charge on any atom is 0.265 e. The Kier molecular flexibility index (Phi) is 6.77. The van der Waals surface area contributed by atoms with E-state index in [-0.39, 0.29) is 24.4 Å². The number of nitrogens with one attached hydrogen (secondary N) is 1. The molecule has 0 unspecified atom stereocenters. The van der Waals surface area contributed by atoms with Crippen LogP contribution in [-0.2, 0) is 14.3 Å². The summed E-state index contributed by atoms with van der Waals surface area (Å²) in [6, 6.07) is 15.3. The number of carbonyl (C=O) groups excluding carboxylic acids is 2. The topological polar surface area (TPSA) is 71.1 Å². The minimum atomic E-state index is -0.648. The van der Waals surface area contributed by atoms with Gasteiger partial charge in [0.1, 0.15) is 5.75 Å². The van der Waals surface area contributed by atoms with Crippen molar-refractivity contribution in [3.05, 3.63) is 58.6 Å². The van der Waals surface area contributed by atoms with Gasteiger partial charge in [0.2, 0.25) is 5.91 Å². The normalized spacial score (nSPS) is 19.2. The van der Waals surface area contributed by atoms with Crippen molar-refractivity contribution >= 4 is 33.4 Å². The monoisotopic (exact) mass is 487 g/mol. The third-order valence-corrected chi connectivity index (χ3v) is 6.07. The van der Waals surface area contributed by atoms with Gasteiger partial charge in [-0.05, 0) is 36.8 Å². The average Bonchev–Trinajstić information content (AvgIpc) is 2.79. The minimum absolute atomic E-state index is 0.0635. The molecule has 0 aromatic heterocycles. The Morgan fingerprint density at radius 2 is 1.84 bits per heavy atom. The lowest BCUT2D eigenvalue weighted by atomic mass is 10.1. The second kappa shape index (κ2) is 9.70. The lowest BCUT2D eigenvalue weighted by Gasteiger charge is -2.38. The van der Waals surface area contributed by atoms with Crippen LogP contribution in [0.1, 0.15) is 18.5 Å². The predicted octanol–water partition coefficient (Wildman–Crippen LogP) is 2.75. The van der Waals surface area contributed by atoms with Crippen LogP contribution in [0.2, 0.25) is 0 Å². The number of ether oxygens (including phenoxy) is 2. The maximum atomic E-state index is 13.0. The molecule has 2 amide bonds. The number of rotatable bonds is 5. The molecular weight excluding hydrogens is 462 g/mol. The smallest absolute Gasteiger partial charge is 0.265 e. The number of amides is 2. The van der Waals surface area contributed by atoms with Crippen molar-refractivity contribution < 1.29 is 19.1 Å². The lowest BCUT2D eigenvalue weighted by Crippen LogP contribution is -2.54. The second-order valence-corrected chi connectivity index (χ2v) is 8.65. The summed E-state index contributed by atoms with van der Waals surface area (Å²) in [5.41, 5.74) is 1.85. The summed E-state index contributed by atoms with van der Waals surface area (Å²) in [6.07, 6.45) is -0.648. The third kappa shape index (κ3) is 5.19. The Hall–Kier alpha value is -2.58. The quantitative estimate of drug-likeness (QED) is 0.701. The first kappa shape index (κ1) is 21.6. The molecule has 164 valence electrons. The molecule has 0 saturated carbocycles. The predicted molar refractivity (Wildman–Crippen MR) is 121 cm³/mol. The van der Waals surface area contributed by atoms with Crippen molar-refractivity contribution in [2.75, 3.05) is 44.3 Å². The Morgan fingerprint density at radius 1 is 1.13 bits per heavy atom. The molecule has 0 aliphatic carbocycles. The van der Waals surface area contributed by atoms with Gasteiger partial charge in [0, 0.05) is 17.6 Å². The van der Waals surface area contributed by atoms with E-state index in [1.807, 2.05) is 60.4 Å². The molecule has 4 rings (SSSR count). The number of morpholine rings is 1. The van der Waals surface area contributed by atoms with Crippen molar-refractivity contribution in [2.45, 2.75) is 19.1 Å². The third-order valence-electron chi connectivity index (χ3n) is 5.54. The highest BCUT2D eigenvalue weighted by atomic mass is 79.9. The molecule has 1 saturated heterocycles. The molecule has 1 N–H and O–H groups in total. The molecule has 2 aromatic rings. The Labute approximate surface area is 190 Å². The molecule has 0 bridgehead atoms. The summed E-state index contributed by atoms with van der Waals surface area (Å²) in [6.45, 7) is 4.63. The minimum Gasteiger partial charge on any atom is -0.477 e. The first-order valence-electron chi connectivity index (χ1n) is 10.4. The highest BCUT2D eigenvalue weighted by Crippen LogP contribution is 2.33. The molecule has 2 aliphatic heterocycles. The first-order chi connectivity index (χ1) is 15.0. The van der Waals surface area contributed by atoms with Crippen LogP contribution in [0.15, 0.2) is 53.0 Å². The van der Waals surface area contributed by atoms with Gasteiger partial charge in [-0.1, -0.05) is 40.2 Å². The number of halogens is 1. The first-order valence-corrected chi connectivity index (χ1v) is 11.2. The zero-order chi connectivity index (χ0) is 21.8. The van der Waals surface area contributed by atoms with Crippen LogP contribution in [0.4, 0.5) is 5.69 Å². The van der Waals surface area contributed by atoms with E-state index in [2.05, 4.69) is 21.2 Å². The zero-order valence-corrected chi connectivity index (χ0v) is 19.0. The molecule has 2 aromatic carbocycles. The van der Waals surface area contributed by atoms with Gasteiger partial charge in [-0.25, -0.2) is 0 Å². The maximum absolute atomic E-state index is 13.0. The van der Waals surface area contributed by atoms with Gasteiger partial charge < -0.3 is 24.6 Å². The van der Waals surface area contributed by atoms with Crippen LogP contribution in [0.5, 0.6) is 5.75 Å². The van der Waals surface area contributed by atoms with E-state index in [1.165, 1.54) is 0 Å². The van der Waals surface area contributed by atoms with E-state index in [4.69, 9.17) is 9.47 Å². The van der Waals surface area contributed by atoms with Crippen LogP contribution in [0.25, 0.3) is 0 Å². The lowest BCUT2D eigenvalue weighted by molar-refractivity contribution is -0.142. The number of anilines is 1. The van der Waals surface area contributed by atoms with E-state index >= 15 is 0 Å². The van der Waals surface area contributed by atoms with Crippen LogP contribution < -0.4 is 15.0 Å². The van der Waals surface area contributed by atoms with Crippen molar-refractivity contribution in [1.82, 2.24) is 10.2 Å². The van der Waals surface area contributed by atoms with Gasteiger partial charge in [-0.3, -0.25) is 9.59 Å². The highest BCUT2D eigenvalue weighted by molar-refractivity contribution is 9.10. The van der Waals surface area contributed by atoms with Crippen LogP contribution in [-0.4, -0.2) is 62.2 Å². The fraction of sp³-hybridized carbons (Fsp3) is 0.391. The molecule has 7 nitrogen and oxygen atoms in total. The number of para-hydroxylation sites is 2. The Bertz CT molecular complexity index is 931. The molecule has 8 heteroatoms. The number of fused-ring (bicyclic) bond motifs is 1. The average molecular weight is 488 g/mol. The summed E-state index contributed by atoms with van der Waals surface area (Å²) in [4.78, 5) is 29.5. The summed E-state index contributed by atoms with van der Waals surface area (Å²) in [5.74, 6) is 0.449. The number of carbonyl (C=O) groups is 2. The molecular formula is C23H26BrN3O4. The molecule has 2 heterocycles. The summed E-state index contributed by atoms with van der Waals surface area (Å²) >= 11 is 3.43. The van der Waals surface area contributed by atoms with E-state index < -0.39 is 6.10 Å². The largest absolute Gasteiger partial charge is 0.477 e. The summed E-state index contributed by atoms with van der Waals surface area (Å²) in [5, 5.41) is 3.05. The highest BCUT2D eigenvalue weighted by Gasteiger charge is 2.34. The van der Waals surface area contributed by atoms with E-state index in [0.29, 0.717) is 38.6 Å². The fourth-order valence-electron chi connectivity index (χ4n) is 3.87. The fourth-order valence-corrected chi connectivity index (χ4v) is 4.13. The second-order valence-electron chi connectivity index (χ2n) is 7.73. The SMILES string of the molecule is C[C@H](NC(=O)CN1C[C@H](C(=O)N2CCOCC2)Oc2ccccc21)c1ccc(Br)cc1. The van der Waals surface area contributed by atoms with Crippen LogP contribution >= 0.6 is 15.9 Å².